The van der Waals surface area contributed by atoms with Gasteiger partial charge in [-0.2, -0.15) is 23.3 Å². The summed E-state index contributed by atoms with van der Waals surface area (Å²) in [6, 6.07) is 0.277. The largest absolute Gasteiger partial charge is 0.421 e. The lowest BCUT2D eigenvalue weighted by Crippen LogP contribution is -2.12. The Labute approximate surface area is 155 Å². The highest BCUT2D eigenvalue weighted by atomic mass is 19.4. The number of hydrogen-bond donors (Lipinski definition) is 2. The molecule has 0 radical (unpaired) electrons. The number of nitrogens with zero attached hydrogens (tertiary/aromatic N) is 4. The zero-order valence-corrected chi connectivity index (χ0v) is 15.1. The molecule has 0 aromatic carbocycles. The minimum Gasteiger partial charge on any atom is -0.372 e. The van der Waals surface area contributed by atoms with Crippen LogP contribution in [0.4, 0.5) is 30.6 Å². The van der Waals surface area contributed by atoms with Crippen molar-refractivity contribution in [2.75, 3.05) is 17.7 Å². The van der Waals surface area contributed by atoms with E-state index in [1.807, 2.05) is 17.8 Å². The van der Waals surface area contributed by atoms with Crippen LogP contribution in [0.5, 0.6) is 0 Å². The second kappa shape index (κ2) is 7.47. The number of aromatic nitrogens is 4. The normalized spacial score (nSPS) is 19.7. The van der Waals surface area contributed by atoms with E-state index in [4.69, 9.17) is 6.42 Å². The van der Waals surface area contributed by atoms with Crippen LogP contribution in [-0.2, 0) is 6.18 Å². The average Bonchev–Trinajstić information content (AvgIpc) is 3.21. The van der Waals surface area contributed by atoms with Gasteiger partial charge in [-0.05, 0) is 32.1 Å². The fourth-order valence-corrected chi connectivity index (χ4v) is 3.39. The molecule has 1 aliphatic rings. The summed E-state index contributed by atoms with van der Waals surface area (Å²) in [6.07, 6.45) is 7.32. The first-order valence-corrected chi connectivity index (χ1v) is 8.70. The molecule has 9 heteroatoms. The average molecular weight is 378 g/mol. The molecule has 0 spiro atoms. The highest BCUT2D eigenvalue weighted by Gasteiger charge is 2.35. The number of alkyl halides is 3. The van der Waals surface area contributed by atoms with Crippen LogP contribution in [0.15, 0.2) is 12.4 Å². The van der Waals surface area contributed by atoms with E-state index in [2.05, 4.69) is 31.6 Å². The molecule has 0 bridgehead atoms. The molecule has 2 heterocycles. The molecule has 2 aromatic rings. The number of halogens is 3. The van der Waals surface area contributed by atoms with Crippen molar-refractivity contribution in [2.24, 2.45) is 5.92 Å². The van der Waals surface area contributed by atoms with E-state index in [9.17, 15) is 13.2 Å². The molecule has 1 fully saturated rings. The molecule has 27 heavy (non-hydrogen) atoms. The van der Waals surface area contributed by atoms with E-state index in [0.29, 0.717) is 11.6 Å². The Kier molecular flexibility index (Phi) is 5.26. The SMILES string of the molecule is C#CCC1CC[C@H](n2cc(Nc3ncc(C(F)(F)F)c(NC)n3)c(C)n2)C1. The third kappa shape index (κ3) is 4.15. The maximum Gasteiger partial charge on any atom is 0.421 e. The van der Waals surface area contributed by atoms with Gasteiger partial charge in [0.25, 0.3) is 0 Å². The van der Waals surface area contributed by atoms with Gasteiger partial charge in [0.1, 0.15) is 11.4 Å². The topological polar surface area (TPSA) is 67.7 Å². The van der Waals surface area contributed by atoms with Crippen molar-refractivity contribution in [3.05, 3.63) is 23.7 Å². The van der Waals surface area contributed by atoms with Crippen molar-refractivity contribution in [2.45, 2.75) is 44.8 Å². The van der Waals surface area contributed by atoms with Crippen molar-refractivity contribution < 1.29 is 13.2 Å². The van der Waals surface area contributed by atoms with Crippen LogP contribution in [0.3, 0.4) is 0 Å². The smallest absolute Gasteiger partial charge is 0.372 e. The maximum atomic E-state index is 13.0. The van der Waals surface area contributed by atoms with E-state index < -0.39 is 11.7 Å². The van der Waals surface area contributed by atoms with Crippen molar-refractivity contribution in [3.63, 3.8) is 0 Å². The van der Waals surface area contributed by atoms with Crippen LogP contribution in [0.2, 0.25) is 0 Å². The van der Waals surface area contributed by atoms with E-state index in [0.717, 1.165) is 37.6 Å². The number of rotatable bonds is 5. The molecule has 1 unspecified atom stereocenters. The summed E-state index contributed by atoms with van der Waals surface area (Å²) < 4.78 is 40.8. The zero-order valence-electron chi connectivity index (χ0n) is 15.1. The van der Waals surface area contributed by atoms with Gasteiger partial charge in [-0.15, -0.1) is 12.3 Å². The van der Waals surface area contributed by atoms with Crippen LogP contribution in [0.25, 0.3) is 0 Å². The molecular weight excluding hydrogens is 357 g/mol. The summed E-state index contributed by atoms with van der Waals surface area (Å²) in [5.41, 5.74) is 0.482. The molecule has 144 valence electrons. The zero-order chi connectivity index (χ0) is 19.6. The first kappa shape index (κ1) is 19.0. The van der Waals surface area contributed by atoms with Crippen LogP contribution >= 0.6 is 0 Å². The number of hydrogen-bond acceptors (Lipinski definition) is 5. The molecule has 3 rings (SSSR count). The fraction of sp³-hybridized carbons (Fsp3) is 0.500. The first-order chi connectivity index (χ1) is 12.8. The summed E-state index contributed by atoms with van der Waals surface area (Å²) in [4.78, 5) is 7.72. The quantitative estimate of drug-likeness (QED) is 0.765. The molecule has 0 aliphatic heterocycles. The number of aryl methyl sites for hydroxylation is 1. The number of anilines is 3. The minimum absolute atomic E-state index is 0.0756. The lowest BCUT2D eigenvalue weighted by atomic mass is 10.0. The Morgan fingerprint density at radius 2 is 2.15 bits per heavy atom. The summed E-state index contributed by atoms with van der Waals surface area (Å²) >= 11 is 0. The van der Waals surface area contributed by atoms with Crippen molar-refractivity contribution in [3.8, 4) is 12.3 Å². The van der Waals surface area contributed by atoms with E-state index in [1.54, 1.807) is 0 Å². The van der Waals surface area contributed by atoms with Gasteiger partial charge >= 0.3 is 6.18 Å². The molecule has 0 saturated heterocycles. The Hall–Kier alpha value is -2.76. The highest BCUT2D eigenvalue weighted by Crippen LogP contribution is 2.37. The third-order valence-corrected chi connectivity index (χ3v) is 4.79. The standard InChI is InChI=1S/C18H21F3N6/c1-4-5-12-6-7-13(8-12)27-10-15(11(2)26-27)24-17-23-9-14(18(19,20)21)16(22-3)25-17/h1,9-10,12-13H,5-8H2,2-3H3,(H2,22,23,24,25)/t12?,13-/m0/s1. The summed E-state index contributed by atoms with van der Waals surface area (Å²) in [6.45, 7) is 1.83. The van der Waals surface area contributed by atoms with Gasteiger partial charge in [0.05, 0.1) is 17.4 Å². The lowest BCUT2D eigenvalue weighted by Gasteiger charge is -2.12. The molecular formula is C18H21F3N6. The predicted molar refractivity (Wildman–Crippen MR) is 96.7 cm³/mol. The van der Waals surface area contributed by atoms with Gasteiger partial charge in [-0.25, -0.2) is 4.98 Å². The van der Waals surface area contributed by atoms with Gasteiger partial charge in [0.15, 0.2) is 0 Å². The molecule has 2 N–H and O–H groups in total. The highest BCUT2D eigenvalue weighted by molar-refractivity contribution is 5.57. The first-order valence-electron chi connectivity index (χ1n) is 8.70. The second-order valence-electron chi connectivity index (χ2n) is 6.68. The van der Waals surface area contributed by atoms with Gasteiger partial charge in [-0.3, -0.25) is 4.68 Å². The summed E-state index contributed by atoms with van der Waals surface area (Å²) in [7, 11) is 1.39. The van der Waals surface area contributed by atoms with Crippen molar-refractivity contribution >= 4 is 17.5 Å². The Morgan fingerprint density at radius 1 is 1.37 bits per heavy atom. The molecule has 0 amide bonds. The minimum atomic E-state index is -4.52. The van der Waals surface area contributed by atoms with Gasteiger partial charge in [-0.1, -0.05) is 0 Å². The van der Waals surface area contributed by atoms with E-state index in [-0.39, 0.29) is 17.8 Å². The van der Waals surface area contributed by atoms with Crippen LogP contribution in [0, 0.1) is 25.2 Å². The third-order valence-electron chi connectivity index (χ3n) is 4.79. The molecule has 2 atom stereocenters. The predicted octanol–water partition coefficient (Wildman–Crippen LogP) is 4.15. The Bertz CT molecular complexity index is 852. The maximum absolute atomic E-state index is 13.0. The van der Waals surface area contributed by atoms with E-state index in [1.165, 1.54) is 7.05 Å². The molecule has 2 aromatic heterocycles. The Morgan fingerprint density at radius 3 is 2.81 bits per heavy atom. The number of terminal acetylenes is 1. The van der Waals surface area contributed by atoms with Crippen molar-refractivity contribution in [1.82, 2.24) is 19.7 Å². The summed E-state index contributed by atoms with van der Waals surface area (Å²) in [5, 5.41) is 9.96. The Balaban J connectivity index is 1.77. The molecule has 1 saturated carbocycles. The monoisotopic (exact) mass is 378 g/mol. The fourth-order valence-electron chi connectivity index (χ4n) is 3.39. The molecule has 6 nitrogen and oxygen atoms in total. The van der Waals surface area contributed by atoms with E-state index >= 15 is 0 Å². The molecule has 1 aliphatic carbocycles. The summed E-state index contributed by atoms with van der Waals surface area (Å²) in [5.74, 6) is 3.02. The van der Waals surface area contributed by atoms with Crippen LogP contribution in [-0.4, -0.2) is 26.8 Å². The van der Waals surface area contributed by atoms with Gasteiger partial charge in [0, 0.05) is 25.9 Å². The van der Waals surface area contributed by atoms with Crippen LogP contribution < -0.4 is 10.6 Å². The second-order valence-corrected chi connectivity index (χ2v) is 6.68. The van der Waals surface area contributed by atoms with Crippen LogP contribution in [0.1, 0.15) is 43.0 Å². The van der Waals surface area contributed by atoms with Gasteiger partial charge in [0.2, 0.25) is 5.95 Å². The lowest BCUT2D eigenvalue weighted by molar-refractivity contribution is -0.137. The van der Waals surface area contributed by atoms with Crippen molar-refractivity contribution in [1.29, 1.82) is 0 Å². The van der Waals surface area contributed by atoms with Gasteiger partial charge < -0.3 is 10.6 Å². The number of nitrogens with one attached hydrogen (secondary N) is 2.